The molecule has 0 radical (unpaired) electrons. The van der Waals surface area contributed by atoms with Crippen molar-refractivity contribution < 1.29 is 4.79 Å². The first-order chi connectivity index (χ1) is 12.6. The number of carbonyl (C=O) groups is 1. The summed E-state index contributed by atoms with van der Waals surface area (Å²) >= 11 is 7.80. The van der Waals surface area contributed by atoms with E-state index in [0.717, 1.165) is 40.0 Å². The third-order valence-electron chi connectivity index (χ3n) is 4.55. The average molecular weight is 387 g/mol. The van der Waals surface area contributed by atoms with E-state index in [-0.39, 0.29) is 5.91 Å². The quantitative estimate of drug-likeness (QED) is 0.540. The molecule has 1 aliphatic rings. The smallest absolute Gasteiger partial charge is 0.255 e. The first kappa shape index (κ1) is 18.9. The molecule has 3 nitrogen and oxygen atoms in total. The van der Waals surface area contributed by atoms with Crippen molar-refractivity contribution in [3.8, 4) is 0 Å². The van der Waals surface area contributed by atoms with Crippen LogP contribution in [0.1, 0.15) is 15.9 Å². The van der Waals surface area contributed by atoms with Gasteiger partial charge < -0.3 is 9.80 Å². The number of carbonyl (C=O) groups excluding carboxylic acids is 1. The minimum atomic E-state index is 0.111. The lowest BCUT2D eigenvalue weighted by Gasteiger charge is -2.37. The average Bonchev–Trinajstić information content (AvgIpc) is 2.68. The summed E-state index contributed by atoms with van der Waals surface area (Å²) in [5.74, 6) is 0.908. The first-order valence-electron chi connectivity index (χ1n) is 8.73. The lowest BCUT2D eigenvalue weighted by atomic mass is 10.1. The molecule has 0 bridgehead atoms. The second kappa shape index (κ2) is 8.65. The van der Waals surface area contributed by atoms with Gasteiger partial charge in [0.15, 0.2) is 0 Å². The molecule has 1 fully saturated rings. The Morgan fingerprint density at radius 3 is 2.65 bits per heavy atom. The Morgan fingerprint density at radius 1 is 1.19 bits per heavy atom. The van der Waals surface area contributed by atoms with Gasteiger partial charge in [-0.15, -0.1) is 18.3 Å². The Bertz CT molecular complexity index is 800. The fourth-order valence-corrected chi connectivity index (χ4v) is 4.11. The summed E-state index contributed by atoms with van der Waals surface area (Å²) < 4.78 is 0. The van der Waals surface area contributed by atoms with Crippen molar-refractivity contribution in [3.05, 3.63) is 71.3 Å². The van der Waals surface area contributed by atoms with E-state index >= 15 is 0 Å². The zero-order valence-electron chi connectivity index (χ0n) is 15.0. The minimum absolute atomic E-state index is 0.111. The molecular weight excluding hydrogens is 364 g/mol. The molecule has 2 aromatic carbocycles. The van der Waals surface area contributed by atoms with Crippen molar-refractivity contribution in [3.63, 3.8) is 0 Å². The van der Waals surface area contributed by atoms with Gasteiger partial charge in [-0.2, -0.15) is 0 Å². The summed E-state index contributed by atoms with van der Waals surface area (Å²) in [7, 11) is 0. The molecule has 0 unspecified atom stereocenters. The number of amides is 1. The number of hydrogen-bond acceptors (Lipinski definition) is 3. The van der Waals surface area contributed by atoms with Crippen molar-refractivity contribution in [1.82, 2.24) is 4.90 Å². The molecule has 3 rings (SSSR count). The number of thioether (sulfide) groups is 1. The molecule has 2 aromatic rings. The molecule has 136 valence electrons. The summed E-state index contributed by atoms with van der Waals surface area (Å²) in [6.07, 6.45) is 1.86. The van der Waals surface area contributed by atoms with E-state index in [1.165, 1.54) is 5.56 Å². The Balaban J connectivity index is 1.69. The van der Waals surface area contributed by atoms with E-state index < -0.39 is 0 Å². The van der Waals surface area contributed by atoms with E-state index in [4.69, 9.17) is 11.6 Å². The van der Waals surface area contributed by atoms with E-state index in [1.807, 2.05) is 53.4 Å². The minimum Gasteiger partial charge on any atom is -0.368 e. The van der Waals surface area contributed by atoms with Gasteiger partial charge in [0.2, 0.25) is 0 Å². The van der Waals surface area contributed by atoms with Crippen molar-refractivity contribution in [1.29, 1.82) is 0 Å². The second-order valence-electron chi connectivity index (χ2n) is 6.31. The number of rotatable bonds is 5. The van der Waals surface area contributed by atoms with Gasteiger partial charge in [0.1, 0.15) is 0 Å². The molecule has 0 aliphatic carbocycles. The van der Waals surface area contributed by atoms with Crippen LogP contribution in [0.25, 0.3) is 0 Å². The Kier molecular flexibility index (Phi) is 6.28. The molecule has 1 amide bonds. The SMILES string of the molecule is C=CCSc1ccccc1C(=O)N1CCN(c2cc(Cl)ccc2C)CC1. The first-order valence-corrected chi connectivity index (χ1v) is 10.1. The summed E-state index contributed by atoms with van der Waals surface area (Å²) in [6.45, 7) is 8.91. The van der Waals surface area contributed by atoms with Crippen LogP contribution in [0.4, 0.5) is 5.69 Å². The van der Waals surface area contributed by atoms with Crippen molar-refractivity contribution in [2.24, 2.45) is 0 Å². The van der Waals surface area contributed by atoms with Crippen molar-refractivity contribution >= 4 is 35.0 Å². The third kappa shape index (κ3) is 4.25. The molecule has 1 heterocycles. The number of nitrogens with zero attached hydrogens (tertiary/aromatic N) is 2. The Morgan fingerprint density at radius 2 is 1.92 bits per heavy atom. The van der Waals surface area contributed by atoms with Gasteiger partial charge in [0, 0.05) is 47.5 Å². The van der Waals surface area contributed by atoms with Crippen LogP contribution in [0, 0.1) is 6.92 Å². The number of piperazine rings is 1. The highest BCUT2D eigenvalue weighted by Gasteiger charge is 2.24. The molecule has 0 aromatic heterocycles. The predicted molar refractivity (Wildman–Crippen MR) is 112 cm³/mol. The van der Waals surface area contributed by atoms with E-state index in [0.29, 0.717) is 13.1 Å². The summed E-state index contributed by atoms with van der Waals surface area (Å²) in [5.41, 5.74) is 3.15. The largest absolute Gasteiger partial charge is 0.368 e. The van der Waals surface area contributed by atoms with Gasteiger partial charge in [0.05, 0.1) is 5.56 Å². The maximum Gasteiger partial charge on any atom is 0.255 e. The van der Waals surface area contributed by atoms with E-state index in [1.54, 1.807) is 11.8 Å². The number of halogens is 1. The van der Waals surface area contributed by atoms with Crippen LogP contribution >= 0.6 is 23.4 Å². The van der Waals surface area contributed by atoms with Gasteiger partial charge in [-0.25, -0.2) is 0 Å². The lowest BCUT2D eigenvalue weighted by molar-refractivity contribution is 0.0743. The Labute approximate surface area is 164 Å². The number of benzene rings is 2. The van der Waals surface area contributed by atoms with Crippen LogP contribution in [-0.2, 0) is 0 Å². The highest BCUT2D eigenvalue weighted by atomic mass is 35.5. The lowest BCUT2D eigenvalue weighted by Crippen LogP contribution is -2.49. The third-order valence-corrected chi connectivity index (χ3v) is 5.86. The monoisotopic (exact) mass is 386 g/mol. The molecule has 0 atom stereocenters. The van der Waals surface area contributed by atoms with Crippen LogP contribution in [0.2, 0.25) is 5.02 Å². The number of aryl methyl sites for hydroxylation is 1. The van der Waals surface area contributed by atoms with Crippen molar-refractivity contribution in [2.75, 3.05) is 36.8 Å². The van der Waals surface area contributed by atoms with Gasteiger partial charge in [-0.3, -0.25) is 4.79 Å². The zero-order valence-corrected chi connectivity index (χ0v) is 16.5. The fraction of sp³-hybridized carbons (Fsp3) is 0.286. The standard InChI is InChI=1S/C21H23ClN2OS/c1-3-14-26-20-7-5-4-6-18(20)21(25)24-12-10-23(11-13-24)19-15-17(22)9-8-16(19)2/h3-9,15H,1,10-14H2,2H3. The van der Waals surface area contributed by atoms with E-state index in [9.17, 15) is 4.79 Å². The van der Waals surface area contributed by atoms with Gasteiger partial charge in [-0.1, -0.05) is 35.9 Å². The molecule has 0 N–H and O–H groups in total. The van der Waals surface area contributed by atoms with Gasteiger partial charge in [0.25, 0.3) is 5.91 Å². The molecular formula is C21H23ClN2OS. The van der Waals surface area contributed by atoms with Gasteiger partial charge in [-0.05, 0) is 36.8 Å². The highest BCUT2D eigenvalue weighted by molar-refractivity contribution is 7.99. The summed E-state index contributed by atoms with van der Waals surface area (Å²) in [6, 6.07) is 13.8. The molecule has 1 saturated heterocycles. The van der Waals surface area contributed by atoms with E-state index in [2.05, 4.69) is 18.4 Å². The molecule has 5 heteroatoms. The highest BCUT2D eigenvalue weighted by Crippen LogP contribution is 2.27. The maximum absolute atomic E-state index is 13.0. The fourth-order valence-electron chi connectivity index (χ4n) is 3.16. The van der Waals surface area contributed by atoms with Crippen LogP contribution in [0.3, 0.4) is 0 Å². The summed E-state index contributed by atoms with van der Waals surface area (Å²) in [5, 5.41) is 0.747. The van der Waals surface area contributed by atoms with Crippen molar-refractivity contribution in [2.45, 2.75) is 11.8 Å². The molecule has 26 heavy (non-hydrogen) atoms. The summed E-state index contributed by atoms with van der Waals surface area (Å²) in [4.78, 5) is 18.3. The normalized spacial score (nSPS) is 14.4. The topological polar surface area (TPSA) is 23.6 Å². The molecule has 0 saturated carbocycles. The van der Waals surface area contributed by atoms with Gasteiger partial charge >= 0.3 is 0 Å². The zero-order chi connectivity index (χ0) is 18.5. The van der Waals surface area contributed by atoms with Crippen LogP contribution in [0.15, 0.2) is 60.0 Å². The Hall–Kier alpha value is -1.91. The van der Waals surface area contributed by atoms with Crippen LogP contribution in [0.5, 0.6) is 0 Å². The predicted octanol–water partition coefficient (Wildman–Crippen LogP) is 4.89. The van der Waals surface area contributed by atoms with Crippen LogP contribution < -0.4 is 4.90 Å². The number of hydrogen-bond donors (Lipinski definition) is 0. The van der Waals surface area contributed by atoms with Crippen LogP contribution in [-0.4, -0.2) is 42.7 Å². The molecule has 1 aliphatic heterocycles. The molecule has 0 spiro atoms. The second-order valence-corrected chi connectivity index (χ2v) is 7.80. The number of anilines is 1. The maximum atomic E-state index is 13.0.